The molecule has 98 valence electrons. The lowest BCUT2D eigenvalue weighted by atomic mass is 9.93. The van der Waals surface area contributed by atoms with Crippen molar-refractivity contribution in [2.24, 2.45) is 0 Å². The Morgan fingerprint density at radius 1 is 0.833 bits per heavy atom. The van der Waals surface area contributed by atoms with E-state index in [0.29, 0.717) is 0 Å². The van der Waals surface area contributed by atoms with Crippen molar-refractivity contribution in [1.29, 1.82) is 0 Å². The van der Waals surface area contributed by atoms with Gasteiger partial charge in [-0.15, -0.1) is 0 Å². The molecule has 0 amide bonds. The number of hydrogen-bond acceptors (Lipinski definition) is 1. The van der Waals surface area contributed by atoms with Gasteiger partial charge >= 0.3 is 0 Å². The summed E-state index contributed by atoms with van der Waals surface area (Å²) in [4.78, 5) is 5.82. The smallest absolute Gasteiger partial charge is 0.0494 e. The molecule has 0 aliphatic carbocycles. The van der Waals surface area contributed by atoms with Crippen LogP contribution in [0.5, 0.6) is 0 Å². The van der Waals surface area contributed by atoms with Gasteiger partial charge < -0.3 is 9.88 Å². The lowest BCUT2D eigenvalue weighted by Crippen LogP contribution is -2.11. The van der Waals surface area contributed by atoms with E-state index < -0.39 is 0 Å². The third-order valence-electron chi connectivity index (χ3n) is 4.23. The summed E-state index contributed by atoms with van der Waals surface area (Å²) in [7, 11) is 4.25. The van der Waals surface area contributed by atoms with Crippen LogP contribution in [0, 0.1) is 34.6 Å². The van der Waals surface area contributed by atoms with E-state index in [1.807, 2.05) is 0 Å². The van der Waals surface area contributed by atoms with Crippen molar-refractivity contribution < 1.29 is 0 Å². The van der Waals surface area contributed by atoms with Crippen molar-refractivity contribution in [3.63, 3.8) is 0 Å². The number of aromatic nitrogens is 1. The van der Waals surface area contributed by atoms with Crippen LogP contribution in [0.15, 0.2) is 0 Å². The molecule has 0 unspecified atom stereocenters. The molecule has 0 aliphatic heterocycles. The number of nitrogens with one attached hydrogen (secondary N) is 1. The van der Waals surface area contributed by atoms with Crippen molar-refractivity contribution in [3.05, 3.63) is 33.5 Å². The predicted octanol–water partition coefficient (Wildman–Crippen LogP) is 3.77. The first-order valence-electron chi connectivity index (χ1n) is 6.56. The monoisotopic (exact) mass is 244 g/mol. The number of rotatable bonds is 2. The van der Waals surface area contributed by atoms with Gasteiger partial charge in [0.25, 0.3) is 0 Å². The normalized spacial score (nSPS) is 11.8. The van der Waals surface area contributed by atoms with Crippen molar-refractivity contribution in [1.82, 2.24) is 9.88 Å². The number of hydrogen-bond donors (Lipinski definition) is 1. The third-order valence-corrected chi connectivity index (χ3v) is 4.23. The largest absolute Gasteiger partial charge is 0.358 e. The van der Waals surface area contributed by atoms with Crippen LogP contribution in [0.3, 0.4) is 0 Å². The summed E-state index contributed by atoms with van der Waals surface area (Å²) in [6.45, 7) is 12.1. The highest BCUT2D eigenvalue weighted by Gasteiger charge is 2.16. The van der Waals surface area contributed by atoms with E-state index >= 15 is 0 Å². The molecule has 0 radical (unpaired) electrons. The standard InChI is InChI=1S/C16H24N2/c1-9-10(2)12(4)16-15(11(9)3)14(8-18(6)7)13(5)17-16/h17H,8H2,1-7H3. The van der Waals surface area contributed by atoms with Gasteiger partial charge in [-0.3, -0.25) is 0 Å². The Labute approximate surface area is 110 Å². The van der Waals surface area contributed by atoms with Crippen LogP contribution in [-0.4, -0.2) is 24.0 Å². The highest BCUT2D eigenvalue weighted by atomic mass is 15.1. The van der Waals surface area contributed by atoms with Crippen LogP contribution in [-0.2, 0) is 6.54 Å². The molecule has 0 aliphatic rings. The molecular weight excluding hydrogens is 220 g/mol. The first kappa shape index (κ1) is 13.2. The van der Waals surface area contributed by atoms with Gasteiger partial charge in [-0.05, 0) is 76.5 Å². The first-order chi connectivity index (χ1) is 8.34. The molecule has 2 aromatic rings. The third kappa shape index (κ3) is 1.85. The summed E-state index contributed by atoms with van der Waals surface area (Å²) in [5.41, 5.74) is 9.73. The second-order valence-electron chi connectivity index (χ2n) is 5.72. The number of H-pyrrole nitrogens is 1. The van der Waals surface area contributed by atoms with Crippen LogP contribution >= 0.6 is 0 Å². The van der Waals surface area contributed by atoms with Crippen molar-refractivity contribution in [3.8, 4) is 0 Å². The first-order valence-corrected chi connectivity index (χ1v) is 6.56. The molecule has 0 saturated carbocycles. The fraction of sp³-hybridized carbons (Fsp3) is 0.500. The van der Waals surface area contributed by atoms with Crippen molar-refractivity contribution in [2.75, 3.05) is 14.1 Å². The topological polar surface area (TPSA) is 19.0 Å². The Morgan fingerprint density at radius 2 is 1.39 bits per heavy atom. The zero-order valence-electron chi connectivity index (χ0n) is 12.7. The summed E-state index contributed by atoms with van der Waals surface area (Å²) in [5.74, 6) is 0. The molecule has 1 aromatic heterocycles. The Hall–Kier alpha value is -1.28. The molecule has 0 saturated heterocycles. The summed E-state index contributed by atoms with van der Waals surface area (Å²) in [6.07, 6.45) is 0. The molecule has 2 rings (SSSR count). The fourth-order valence-electron chi connectivity index (χ4n) is 2.81. The van der Waals surface area contributed by atoms with Crippen LogP contribution in [0.4, 0.5) is 0 Å². The van der Waals surface area contributed by atoms with Gasteiger partial charge in [0.05, 0.1) is 0 Å². The fourth-order valence-corrected chi connectivity index (χ4v) is 2.81. The van der Waals surface area contributed by atoms with Crippen LogP contribution in [0.2, 0.25) is 0 Å². The maximum atomic E-state index is 3.58. The van der Waals surface area contributed by atoms with Crippen molar-refractivity contribution >= 4 is 10.9 Å². The van der Waals surface area contributed by atoms with E-state index in [0.717, 1.165) is 6.54 Å². The quantitative estimate of drug-likeness (QED) is 0.852. The minimum atomic E-state index is 0.995. The molecule has 0 bridgehead atoms. The minimum absolute atomic E-state index is 0.995. The van der Waals surface area contributed by atoms with Crippen LogP contribution in [0.25, 0.3) is 10.9 Å². The number of benzene rings is 1. The van der Waals surface area contributed by atoms with Gasteiger partial charge in [0.15, 0.2) is 0 Å². The van der Waals surface area contributed by atoms with Gasteiger partial charge in [-0.25, -0.2) is 0 Å². The summed E-state index contributed by atoms with van der Waals surface area (Å²) >= 11 is 0. The van der Waals surface area contributed by atoms with Gasteiger partial charge in [0.1, 0.15) is 0 Å². The molecule has 2 nitrogen and oxygen atoms in total. The molecule has 0 fully saturated rings. The van der Waals surface area contributed by atoms with E-state index in [9.17, 15) is 0 Å². The van der Waals surface area contributed by atoms with Gasteiger partial charge in [-0.2, -0.15) is 0 Å². The number of aryl methyl sites for hydroxylation is 3. The molecule has 1 heterocycles. The molecule has 1 N–H and O–H groups in total. The Bertz CT molecular complexity index is 604. The van der Waals surface area contributed by atoms with Crippen LogP contribution < -0.4 is 0 Å². The Balaban J connectivity index is 2.85. The van der Waals surface area contributed by atoms with Gasteiger partial charge in [-0.1, -0.05) is 0 Å². The Kier molecular flexibility index (Phi) is 3.24. The maximum absolute atomic E-state index is 3.58. The Morgan fingerprint density at radius 3 is 1.94 bits per heavy atom. The van der Waals surface area contributed by atoms with Crippen LogP contribution in [0.1, 0.15) is 33.5 Å². The van der Waals surface area contributed by atoms with Crippen molar-refractivity contribution in [2.45, 2.75) is 41.2 Å². The summed E-state index contributed by atoms with van der Waals surface area (Å²) < 4.78 is 0. The highest BCUT2D eigenvalue weighted by molar-refractivity contribution is 5.92. The summed E-state index contributed by atoms with van der Waals surface area (Å²) in [6, 6.07) is 0. The predicted molar refractivity (Wildman–Crippen MR) is 79.4 cm³/mol. The average molecular weight is 244 g/mol. The number of nitrogens with zero attached hydrogens (tertiary/aromatic N) is 1. The van der Waals surface area contributed by atoms with Gasteiger partial charge in [0.2, 0.25) is 0 Å². The zero-order valence-corrected chi connectivity index (χ0v) is 12.7. The van der Waals surface area contributed by atoms with E-state index in [4.69, 9.17) is 0 Å². The van der Waals surface area contributed by atoms with E-state index in [2.05, 4.69) is 58.6 Å². The molecule has 2 heteroatoms. The molecule has 0 spiro atoms. The van der Waals surface area contributed by atoms with E-state index in [1.165, 1.54) is 44.4 Å². The van der Waals surface area contributed by atoms with Gasteiger partial charge in [0, 0.05) is 23.1 Å². The number of fused-ring (bicyclic) bond motifs is 1. The number of aromatic amines is 1. The molecule has 18 heavy (non-hydrogen) atoms. The minimum Gasteiger partial charge on any atom is -0.358 e. The zero-order chi connectivity index (χ0) is 13.6. The lowest BCUT2D eigenvalue weighted by molar-refractivity contribution is 0.403. The summed E-state index contributed by atoms with van der Waals surface area (Å²) in [5, 5.41) is 1.43. The van der Waals surface area contributed by atoms with E-state index in [1.54, 1.807) is 0 Å². The molecule has 1 aromatic carbocycles. The van der Waals surface area contributed by atoms with E-state index in [-0.39, 0.29) is 0 Å². The highest BCUT2D eigenvalue weighted by Crippen LogP contribution is 2.33. The maximum Gasteiger partial charge on any atom is 0.0494 e. The average Bonchev–Trinajstić information content (AvgIpc) is 2.61. The molecular formula is C16H24N2. The lowest BCUT2D eigenvalue weighted by Gasteiger charge is -2.14. The SMILES string of the molecule is Cc1[nH]c2c(C)c(C)c(C)c(C)c2c1CN(C)C. The second kappa shape index (κ2) is 4.43. The molecule has 0 atom stereocenters. The second-order valence-corrected chi connectivity index (χ2v) is 5.72.